The lowest BCUT2D eigenvalue weighted by Crippen LogP contribution is -2.31. The summed E-state index contributed by atoms with van der Waals surface area (Å²) in [6.45, 7) is 4.58. The normalized spacial score (nSPS) is 10.0. The zero-order valence-electron chi connectivity index (χ0n) is 12.2. The molecule has 4 heteroatoms. The number of amides is 1. The third kappa shape index (κ3) is 4.74. The van der Waals surface area contributed by atoms with Crippen molar-refractivity contribution in [2.24, 2.45) is 0 Å². The van der Waals surface area contributed by atoms with Crippen LogP contribution < -0.4 is 0 Å². The average Bonchev–Trinajstić information content (AvgIpc) is 2.55. The van der Waals surface area contributed by atoms with Crippen LogP contribution >= 0.6 is 0 Å². The van der Waals surface area contributed by atoms with Gasteiger partial charge in [-0.3, -0.25) is 0 Å². The molecule has 2 rings (SSSR count). The van der Waals surface area contributed by atoms with E-state index in [9.17, 15) is 9.18 Å². The Morgan fingerprint density at radius 3 is 2.41 bits per heavy atom. The smallest absolute Gasteiger partial charge is 0.410 e. The monoisotopic (exact) mass is 299 g/mol. The fourth-order valence-electron chi connectivity index (χ4n) is 1.98. The number of rotatable bonds is 6. The lowest BCUT2D eigenvalue weighted by atomic mass is 10.2. The van der Waals surface area contributed by atoms with Crippen molar-refractivity contribution in [3.8, 4) is 0 Å². The van der Waals surface area contributed by atoms with Gasteiger partial charge in [0.2, 0.25) is 0 Å². The molecule has 0 atom stereocenters. The Hall–Kier alpha value is -2.62. The van der Waals surface area contributed by atoms with E-state index in [0.717, 1.165) is 11.1 Å². The number of halogens is 1. The highest BCUT2D eigenvalue weighted by Crippen LogP contribution is 2.09. The predicted molar refractivity (Wildman–Crippen MR) is 83.6 cm³/mol. The second-order valence-corrected chi connectivity index (χ2v) is 4.84. The molecular formula is C18H18FNO2. The summed E-state index contributed by atoms with van der Waals surface area (Å²) < 4.78 is 18.2. The second-order valence-electron chi connectivity index (χ2n) is 4.84. The number of benzene rings is 2. The predicted octanol–water partition coefficient (Wildman–Crippen LogP) is 4.15. The van der Waals surface area contributed by atoms with Gasteiger partial charge in [0.05, 0.1) is 0 Å². The summed E-state index contributed by atoms with van der Waals surface area (Å²) in [5, 5.41) is 0. The van der Waals surface area contributed by atoms with E-state index in [1.54, 1.807) is 18.2 Å². The maximum atomic E-state index is 12.9. The molecule has 0 unspecified atom stereocenters. The van der Waals surface area contributed by atoms with Gasteiger partial charge in [-0.05, 0) is 23.3 Å². The van der Waals surface area contributed by atoms with Crippen molar-refractivity contribution < 1.29 is 13.9 Å². The van der Waals surface area contributed by atoms with E-state index in [1.807, 2.05) is 30.3 Å². The van der Waals surface area contributed by atoms with Gasteiger partial charge in [-0.25, -0.2) is 9.18 Å². The molecule has 0 fully saturated rings. The lowest BCUT2D eigenvalue weighted by Gasteiger charge is -2.20. The van der Waals surface area contributed by atoms with Gasteiger partial charge < -0.3 is 9.64 Å². The summed E-state index contributed by atoms with van der Waals surface area (Å²) in [4.78, 5) is 13.7. The Morgan fingerprint density at radius 2 is 1.77 bits per heavy atom. The van der Waals surface area contributed by atoms with E-state index < -0.39 is 6.09 Å². The molecule has 0 aliphatic heterocycles. The number of carbonyl (C=O) groups excluding carboxylic acids is 1. The first-order valence-corrected chi connectivity index (χ1v) is 7.00. The minimum absolute atomic E-state index is 0.219. The minimum Gasteiger partial charge on any atom is -0.445 e. The number of carbonyl (C=O) groups is 1. The van der Waals surface area contributed by atoms with E-state index >= 15 is 0 Å². The van der Waals surface area contributed by atoms with Crippen LogP contribution in [0.25, 0.3) is 0 Å². The molecule has 1 amide bonds. The van der Waals surface area contributed by atoms with Crippen LogP contribution in [0.3, 0.4) is 0 Å². The van der Waals surface area contributed by atoms with E-state index in [0.29, 0.717) is 13.1 Å². The van der Waals surface area contributed by atoms with Crippen LogP contribution in [-0.2, 0) is 17.9 Å². The lowest BCUT2D eigenvalue weighted by molar-refractivity contribution is 0.0978. The Labute approximate surface area is 129 Å². The second kappa shape index (κ2) is 7.98. The molecule has 0 bridgehead atoms. The van der Waals surface area contributed by atoms with Crippen LogP contribution in [0, 0.1) is 5.82 Å². The molecule has 0 aromatic heterocycles. The van der Waals surface area contributed by atoms with E-state index in [2.05, 4.69) is 6.58 Å². The maximum absolute atomic E-state index is 12.9. The van der Waals surface area contributed by atoms with Crippen molar-refractivity contribution >= 4 is 6.09 Å². The zero-order chi connectivity index (χ0) is 15.8. The molecule has 2 aromatic rings. The molecule has 114 valence electrons. The standard InChI is InChI=1S/C18H18FNO2/c1-2-12-20(13-15-8-10-17(19)11-9-15)18(21)22-14-16-6-4-3-5-7-16/h2-11H,1,12-14H2. The summed E-state index contributed by atoms with van der Waals surface area (Å²) in [6.07, 6.45) is 1.21. The number of hydrogen-bond donors (Lipinski definition) is 0. The van der Waals surface area contributed by atoms with Crippen LogP contribution in [0.1, 0.15) is 11.1 Å². The third-order valence-corrected chi connectivity index (χ3v) is 3.10. The van der Waals surface area contributed by atoms with E-state index in [4.69, 9.17) is 4.74 Å². The van der Waals surface area contributed by atoms with E-state index in [1.165, 1.54) is 17.0 Å². The minimum atomic E-state index is -0.423. The van der Waals surface area contributed by atoms with Crippen molar-refractivity contribution in [3.63, 3.8) is 0 Å². The Kier molecular flexibility index (Phi) is 5.72. The SMILES string of the molecule is C=CCN(Cc1ccc(F)cc1)C(=O)OCc1ccccc1. The van der Waals surface area contributed by atoms with Crippen molar-refractivity contribution in [1.29, 1.82) is 0 Å². The maximum Gasteiger partial charge on any atom is 0.410 e. The Morgan fingerprint density at radius 1 is 1.09 bits per heavy atom. The van der Waals surface area contributed by atoms with Gasteiger partial charge in [-0.15, -0.1) is 6.58 Å². The molecule has 0 spiro atoms. The van der Waals surface area contributed by atoms with Crippen LogP contribution in [-0.4, -0.2) is 17.5 Å². The molecule has 22 heavy (non-hydrogen) atoms. The van der Waals surface area contributed by atoms with Gasteiger partial charge in [0, 0.05) is 13.1 Å². The van der Waals surface area contributed by atoms with Gasteiger partial charge in [-0.2, -0.15) is 0 Å². The fourth-order valence-corrected chi connectivity index (χ4v) is 1.98. The summed E-state index contributed by atoms with van der Waals surface area (Å²) in [5.74, 6) is -0.300. The molecule has 0 aliphatic rings. The van der Waals surface area contributed by atoms with Gasteiger partial charge >= 0.3 is 6.09 Å². The van der Waals surface area contributed by atoms with Gasteiger partial charge in [-0.1, -0.05) is 48.5 Å². The summed E-state index contributed by atoms with van der Waals surface area (Å²) in [5.41, 5.74) is 1.76. The van der Waals surface area contributed by atoms with Crippen LogP contribution in [0.4, 0.5) is 9.18 Å². The number of ether oxygens (including phenoxy) is 1. The fraction of sp³-hybridized carbons (Fsp3) is 0.167. The molecule has 0 N–H and O–H groups in total. The van der Waals surface area contributed by atoms with Crippen molar-refractivity contribution in [2.45, 2.75) is 13.2 Å². The van der Waals surface area contributed by atoms with E-state index in [-0.39, 0.29) is 12.4 Å². The van der Waals surface area contributed by atoms with Crippen molar-refractivity contribution in [2.75, 3.05) is 6.54 Å². The summed E-state index contributed by atoms with van der Waals surface area (Å²) >= 11 is 0. The van der Waals surface area contributed by atoms with Gasteiger partial charge in [0.25, 0.3) is 0 Å². The van der Waals surface area contributed by atoms with Crippen molar-refractivity contribution in [1.82, 2.24) is 4.90 Å². The summed E-state index contributed by atoms with van der Waals surface area (Å²) in [7, 11) is 0. The van der Waals surface area contributed by atoms with Gasteiger partial charge in [0.1, 0.15) is 12.4 Å². The van der Waals surface area contributed by atoms with Crippen LogP contribution in [0.15, 0.2) is 67.3 Å². The molecule has 0 aliphatic carbocycles. The largest absolute Gasteiger partial charge is 0.445 e. The molecule has 0 radical (unpaired) electrons. The molecule has 0 saturated heterocycles. The summed E-state index contributed by atoms with van der Waals surface area (Å²) in [6, 6.07) is 15.5. The van der Waals surface area contributed by atoms with Gasteiger partial charge in [0.15, 0.2) is 0 Å². The number of nitrogens with zero attached hydrogens (tertiary/aromatic N) is 1. The van der Waals surface area contributed by atoms with Crippen LogP contribution in [0.5, 0.6) is 0 Å². The quantitative estimate of drug-likeness (QED) is 0.750. The first-order chi connectivity index (χ1) is 10.7. The molecular weight excluding hydrogens is 281 g/mol. The first kappa shape index (κ1) is 15.8. The number of hydrogen-bond acceptors (Lipinski definition) is 2. The third-order valence-electron chi connectivity index (χ3n) is 3.10. The first-order valence-electron chi connectivity index (χ1n) is 7.00. The topological polar surface area (TPSA) is 29.5 Å². The Bertz CT molecular complexity index is 611. The Balaban J connectivity index is 1.95. The highest BCUT2D eigenvalue weighted by molar-refractivity contribution is 5.67. The highest BCUT2D eigenvalue weighted by Gasteiger charge is 2.14. The molecule has 2 aromatic carbocycles. The highest BCUT2D eigenvalue weighted by atomic mass is 19.1. The molecule has 3 nitrogen and oxygen atoms in total. The molecule has 0 saturated carbocycles. The van der Waals surface area contributed by atoms with Crippen LogP contribution in [0.2, 0.25) is 0 Å². The molecule has 0 heterocycles. The zero-order valence-corrected chi connectivity index (χ0v) is 12.2. The average molecular weight is 299 g/mol. The van der Waals surface area contributed by atoms with Crippen molar-refractivity contribution in [3.05, 3.63) is 84.2 Å².